The summed E-state index contributed by atoms with van der Waals surface area (Å²) in [7, 11) is 0. The van der Waals surface area contributed by atoms with E-state index in [0.29, 0.717) is 30.6 Å². The lowest BCUT2D eigenvalue weighted by atomic mass is 9.40. The number of hydrogen-bond donors (Lipinski definition) is 0. The highest BCUT2D eigenvalue weighted by atomic mass is 16.5. The van der Waals surface area contributed by atoms with Gasteiger partial charge in [-0.15, -0.1) is 0 Å². The number of esters is 2. The average molecular weight is 391 g/mol. The molecule has 7 unspecified atom stereocenters. The summed E-state index contributed by atoms with van der Waals surface area (Å²) in [6, 6.07) is 0. The monoisotopic (exact) mass is 390 g/mol. The van der Waals surface area contributed by atoms with Gasteiger partial charge in [0.2, 0.25) is 0 Å². The van der Waals surface area contributed by atoms with E-state index in [9.17, 15) is 14.4 Å². The van der Waals surface area contributed by atoms with E-state index in [0.717, 1.165) is 44.9 Å². The Hall–Kier alpha value is -1.39. The van der Waals surface area contributed by atoms with Gasteiger partial charge in [-0.25, -0.2) is 0 Å². The molecule has 5 nitrogen and oxygen atoms in total. The molecule has 1 spiro atoms. The number of hydrogen-bond acceptors (Lipinski definition) is 5. The maximum absolute atomic E-state index is 12.7. The van der Waals surface area contributed by atoms with Crippen molar-refractivity contribution in [3.05, 3.63) is 0 Å². The number of fused-ring (bicyclic) bond motifs is 3. The van der Waals surface area contributed by atoms with Crippen LogP contribution in [0.4, 0.5) is 0 Å². The number of rotatable bonds is 3. The fourth-order valence-electron chi connectivity index (χ4n) is 8.00. The molecule has 28 heavy (non-hydrogen) atoms. The Morgan fingerprint density at radius 3 is 2.50 bits per heavy atom. The third kappa shape index (κ3) is 2.83. The molecule has 4 saturated carbocycles. The van der Waals surface area contributed by atoms with Gasteiger partial charge in [-0.3, -0.25) is 14.4 Å². The van der Waals surface area contributed by atoms with Crippen molar-refractivity contribution in [3.63, 3.8) is 0 Å². The molecular formula is C23H34O5. The Balaban J connectivity index is 1.74. The second-order valence-corrected chi connectivity index (χ2v) is 10.6. The van der Waals surface area contributed by atoms with Crippen LogP contribution in [0.3, 0.4) is 0 Å². The van der Waals surface area contributed by atoms with Gasteiger partial charge in [0.25, 0.3) is 0 Å². The second-order valence-electron chi connectivity index (χ2n) is 10.6. The Bertz CT molecular complexity index is 701. The molecule has 0 aromatic carbocycles. The highest BCUT2D eigenvalue weighted by Gasteiger charge is 2.69. The molecule has 0 aromatic rings. The lowest BCUT2D eigenvalue weighted by Gasteiger charge is -2.65. The number of ether oxygens (including phenoxy) is 2. The van der Waals surface area contributed by atoms with Crippen LogP contribution >= 0.6 is 0 Å². The molecule has 156 valence electrons. The van der Waals surface area contributed by atoms with E-state index in [1.165, 1.54) is 13.8 Å². The van der Waals surface area contributed by atoms with Crippen LogP contribution in [0.2, 0.25) is 0 Å². The van der Waals surface area contributed by atoms with Crippen LogP contribution in [0.1, 0.15) is 79.1 Å². The zero-order chi connectivity index (χ0) is 20.3. The summed E-state index contributed by atoms with van der Waals surface area (Å²) in [5.41, 5.74) is -0.200. The van der Waals surface area contributed by atoms with Crippen LogP contribution in [0.25, 0.3) is 0 Å². The molecule has 4 aliphatic rings. The molecule has 0 saturated heterocycles. The predicted molar refractivity (Wildman–Crippen MR) is 103 cm³/mol. The Kier molecular flexibility index (Phi) is 4.67. The molecule has 7 atom stereocenters. The summed E-state index contributed by atoms with van der Waals surface area (Å²) < 4.78 is 11.5. The zero-order valence-electron chi connectivity index (χ0n) is 17.7. The van der Waals surface area contributed by atoms with Crippen molar-refractivity contribution in [1.82, 2.24) is 0 Å². The van der Waals surface area contributed by atoms with Crippen molar-refractivity contribution in [1.29, 1.82) is 0 Å². The van der Waals surface area contributed by atoms with Gasteiger partial charge in [0, 0.05) is 37.0 Å². The van der Waals surface area contributed by atoms with Crippen LogP contribution < -0.4 is 0 Å². The van der Waals surface area contributed by atoms with Crippen LogP contribution in [-0.4, -0.2) is 30.4 Å². The topological polar surface area (TPSA) is 69.7 Å². The second kappa shape index (κ2) is 6.56. The maximum atomic E-state index is 12.7. The number of carbonyl (C=O) groups excluding carboxylic acids is 3. The van der Waals surface area contributed by atoms with E-state index in [-0.39, 0.29) is 40.2 Å². The highest BCUT2D eigenvalue weighted by molar-refractivity contribution is 5.85. The summed E-state index contributed by atoms with van der Waals surface area (Å²) in [6.45, 7) is 8.02. The van der Waals surface area contributed by atoms with Gasteiger partial charge in [-0.1, -0.05) is 20.3 Å². The molecule has 5 heteroatoms. The SMILES string of the molecule is CC(=O)OCC1(C)CCCC2(C)C1CC(OC(C)=O)C13CC(=O)C(CCC21)C3. The summed E-state index contributed by atoms with van der Waals surface area (Å²) >= 11 is 0. The van der Waals surface area contributed by atoms with Gasteiger partial charge >= 0.3 is 11.9 Å². The Labute approximate surface area is 167 Å². The van der Waals surface area contributed by atoms with E-state index in [1.54, 1.807) is 0 Å². The molecule has 2 bridgehead atoms. The van der Waals surface area contributed by atoms with Crippen molar-refractivity contribution in [2.24, 2.45) is 34.0 Å². The minimum atomic E-state index is -0.249. The van der Waals surface area contributed by atoms with E-state index in [1.807, 2.05) is 0 Å². The predicted octanol–water partition coefficient (Wildman–Crippen LogP) is 4.07. The molecule has 0 amide bonds. The fourth-order valence-corrected chi connectivity index (χ4v) is 8.00. The number of ketones is 1. The van der Waals surface area contributed by atoms with Gasteiger partial charge in [0.1, 0.15) is 11.9 Å². The van der Waals surface area contributed by atoms with Crippen molar-refractivity contribution in [2.45, 2.75) is 85.2 Å². The van der Waals surface area contributed by atoms with Gasteiger partial charge < -0.3 is 9.47 Å². The fraction of sp³-hybridized carbons (Fsp3) is 0.870. The molecule has 0 radical (unpaired) electrons. The molecule has 0 heterocycles. The molecule has 4 fully saturated rings. The molecule has 0 aliphatic heterocycles. The van der Waals surface area contributed by atoms with Crippen LogP contribution in [0.5, 0.6) is 0 Å². The van der Waals surface area contributed by atoms with Crippen molar-refractivity contribution in [2.75, 3.05) is 6.61 Å². The van der Waals surface area contributed by atoms with Crippen molar-refractivity contribution >= 4 is 17.7 Å². The van der Waals surface area contributed by atoms with Gasteiger partial charge in [0.05, 0.1) is 6.61 Å². The van der Waals surface area contributed by atoms with E-state index in [2.05, 4.69) is 13.8 Å². The number of carbonyl (C=O) groups is 3. The first-order chi connectivity index (χ1) is 13.1. The van der Waals surface area contributed by atoms with E-state index in [4.69, 9.17) is 9.47 Å². The molecule has 0 N–H and O–H groups in total. The quantitative estimate of drug-likeness (QED) is 0.679. The van der Waals surface area contributed by atoms with Gasteiger partial charge in [0.15, 0.2) is 0 Å². The lowest BCUT2D eigenvalue weighted by molar-refractivity contribution is -0.220. The third-order valence-corrected chi connectivity index (χ3v) is 8.98. The smallest absolute Gasteiger partial charge is 0.302 e. The van der Waals surface area contributed by atoms with Crippen LogP contribution in [-0.2, 0) is 23.9 Å². The first kappa shape index (κ1) is 19.9. The highest BCUT2D eigenvalue weighted by Crippen LogP contribution is 2.71. The number of Topliss-reactive ketones (excluding diaryl/α,β-unsaturated/α-hetero) is 1. The minimum absolute atomic E-state index is 0.0966. The van der Waals surface area contributed by atoms with E-state index >= 15 is 0 Å². The van der Waals surface area contributed by atoms with Crippen molar-refractivity contribution in [3.8, 4) is 0 Å². The minimum Gasteiger partial charge on any atom is -0.465 e. The summed E-state index contributed by atoms with van der Waals surface area (Å²) in [6.07, 6.45) is 7.35. The summed E-state index contributed by atoms with van der Waals surface area (Å²) in [5, 5.41) is 0. The van der Waals surface area contributed by atoms with Gasteiger partial charge in [-0.2, -0.15) is 0 Å². The molecule has 0 aromatic heterocycles. The summed E-state index contributed by atoms with van der Waals surface area (Å²) in [4.78, 5) is 36.2. The summed E-state index contributed by atoms with van der Waals surface area (Å²) in [5.74, 6) is 0.758. The molecule has 4 rings (SSSR count). The Morgan fingerprint density at radius 2 is 1.82 bits per heavy atom. The van der Waals surface area contributed by atoms with Crippen LogP contribution in [0.15, 0.2) is 0 Å². The zero-order valence-corrected chi connectivity index (χ0v) is 17.7. The first-order valence-corrected chi connectivity index (χ1v) is 10.9. The Morgan fingerprint density at radius 1 is 1.07 bits per heavy atom. The lowest BCUT2D eigenvalue weighted by Crippen LogP contribution is -2.62. The molecule has 4 aliphatic carbocycles. The molecular weight excluding hydrogens is 356 g/mol. The third-order valence-electron chi connectivity index (χ3n) is 8.98. The van der Waals surface area contributed by atoms with Crippen LogP contribution in [0, 0.1) is 34.0 Å². The largest absolute Gasteiger partial charge is 0.465 e. The normalized spacial score (nSPS) is 47.1. The average Bonchev–Trinajstić information content (AvgIpc) is 2.85. The standard InChI is InChI=1S/C23H34O5/c1-14(24)27-13-21(3)8-5-9-22(4)18-7-6-16-11-23(18,12-17(16)26)20(10-19(21)22)28-15(2)25/h16,18-20H,5-13H2,1-4H3. The van der Waals surface area contributed by atoms with Gasteiger partial charge in [-0.05, 0) is 55.8 Å². The van der Waals surface area contributed by atoms with Crippen molar-refractivity contribution < 1.29 is 23.9 Å². The maximum Gasteiger partial charge on any atom is 0.302 e. The first-order valence-electron chi connectivity index (χ1n) is 10.9. The van der Waals surface area contributed by atoms with E-state index < -0.39 is 0 Å².